The van der Waals surface area contributed by atoms with E-state index in [0.717, 1.165) is 16.8 Å². The third-order valence-corrected chi connectivity index (χ3v) is 12.0. The number of pyridine rings is 1. The quantitative estimate of drug-likeness (QED) is 0.167. The molecule has 2 aliphatic carbocycles. The second-order valence-electron chi connectivity index (χ2n) is 15.5. The first-order chi connectivity index (χ1) is 24.8. The molecule has 5 unspecified atom stereocenters. The van der Waals surface area contributed by atoms with Crippen LogP contribution >= 0.6 is 0 Å². The number of esters is 1. The summed E-state index contributed by atoms with van der Waals surface area (Å²) in [5.41, 5.74) is 2.23. The highest BCUT2D eigenvalue weighted by atomic mass is 16.5. The summed E-state index contributed by atoms with van der Waals surface area (Å²) in [4.78, 5) is 42.1. The number of anilines is 2. The van der Waals surface area contributed by atoms with Crippen molar-refractivity contribution in [3.63, 3.8) is 0 Å². The second-order valence-corrected chi connectivity index (χ2v) is 15.5. The molecule has 2 aromatic rings. The van der Waals surface area contributed by atoms with Gasteiger partial charge in [-0.15, -0.1) is 0 Å². The van der Waals surface area contributed by atoms with E-state index in [0.29, 0.717) is 55.2 Å². The molecular weight excluding hydrogens is 656 g/mol. The number of hydrogen-bond donors (Lipinski definition) is 4. The number of allylic oxidation sites excluding steroid dienone is 1. The van der Waals surface area contributed by atoms with Gasteiger partial charge in [-0.2, -0.15) is 0 Å². The first-order valence-corrected chi connectivity index (χ1v) is 18.2. The van der Waals surface area contributed by atoms with Crippen LogP contribution in [0.5, 0.6) is 0 Å². The van der Waals surface area contributed by atoms with Crippen LogP contribution in [0.4, 0.5) is 11.5 Å². The number of amidine groups is 1. The number of benzene rings is 1. The first-order valence-electron chi connectivity index (χ1n) is 18.2. The number of carbonyl (C=O) groups is 2. The molecule has 0 radical (unpaired) electrons. The second kappa shape index (κ2) is 15.3. The number of aliphatic imine (C=N–C) groups is 2. The number of aliphatic hydroxyl groups excluding tert-OH is 2. The number of ether oxygens (including phenoxy) is 1. The molecule has 8 atom stereocenters. The number of aliphatic hydroxyl groups is 2. The zero-order valence-electron chi connectivity index (χ0n) is 30.9. The van der Waals surface area contributed by atoms with E-state index in [4.69, 9.17) is 4.74 Å². The van der Waals surface area contributed by atoms with Gasteiger partial charge in [0.2, 0.25) is 0 Å². The van der Waals surface area contributed by atoms with Gasteiger partial charge in [0.05, 0.1) is 43.3 Å². The van der Waals surface area contributed by atoms with Crippen LogP contribution in [0.25, 0.3) is 6.08 Å². The lowest BCUT2D eigenvalue weighted by Crippen LogP contribution is -2.62. The zero-order valence-corrected chi connectivity index (χ0v) is 30.9. The molecule has 52 heavy (non-hydrogen) atoms. The van der Waals surface area contributed by atoms with Crippen molar-refractivity contribution in [2.75, 3.05) is 37.5 Å². The van der Waals surface area contributed by atoms with Gasteiger partial charge in [0, 0.05) is 43.7 Å². The minimum absolute atomic E-state index is 0.0201. The van der Waals surface area contributed by atoms with Crippen molar-refractivity contribution in [2.24, 2.45) is 32.7 Å². The van der Waals surface area contributed by atoms with Crippen LogP contribution in [0, 0.1) is 22.7 Å². The number of ketones is 1. The smallest absolute Gasteiger partial charge is 0.341 e. The summed E-state index contributed by atoms with van der Waals surface area (Å²) in [6.07, 6.45) is 8.84. The molecule has 3 heterocycles. The maximum absolute atomic E-state index is 13.7. The summed E-state index contributed by atoms with van der Waals surface area (Å²) in [5, 5.41) is 29.3. The van der Waals surface area contributed by atoms with Crippen LogP contribution in [0.3, 0.4) is 0 Å². The Bertz CT molecular complexity index is 1790. The summed E-state index contributed by atoms with van der Waals surface area (Å²) in [6.45, 7) is 11.0. The molecule has 0 bridgehead atoms. The Kier molecular flexibility index (Phi) is 11.0. The van der Waals surface area contributed by atoms with Crippen LogP contribution in [0.2, 0.25) is 0 Å². The Balaban J connectivity index is 1.34. The number of nitrogens with one attached hydrogen (secondary N) is 2. The fourth-order valence-corrected chi connectivity index (χ4v) is 8.78. The van der Waals surface area contributed by atoms with Crippen LogP contribution in [-0.4, -0.2) is 90.5 Å². The Morgan fingerprint density at radius 2 is 1.96 bits per heavy atom. The van der Waals surface area contributed by atoms with Crippen molar-refractivity contribution in [1.82, 2.24) is 10.3 Å². The molecule has 0 amide bonds. The molecule has 0 saturated heterocycles. The molecule has 2 fully saturated rings. The Morgan fingerprint density at radius 1 is 1.19 bits per heavy atom. The fourth-order valence-electron chi connectivity index (χ4n) is 8.78. The molecule has 11 heteroatoms. The van der Waals surface area contributed by atoms with Crippen molar-refractivity contribution in [3.8, 4) is 0 Å². The van der Waals surface area contributed by atoms with Crippen molar-refractivity contribution >= 4 is 41.4 Å². The van der Waals surface area contributed by atoms with E-state index in [-0.39, 0.29) is 42.1 Å². The molecule has 276 valence electrons. The van der Waals surface area contributed by atoms with Gasteiger partial charge in [0.15, 0.2) is 5.78 Å². The molecular formula is C41H52N6O5. The number of aromatic nitrogens is 1. The average molecular weight is 709 g/mol. The number of rotatable bonds is 13. The predicted molar refractivity (Wildman–Crippen MR) is 205 cm³/mol. The van der Waals surface area contributed by atoms with E-state index in [1.165, 1.54) is 0 Å². The summed E-state index contributed by atoms with van der Waals surface area (Å²) in [7, 11) is 3.97. The summed E-state index contributed by atoms with van der Waals surface area (Å²) < 4.78 is 5.84. The molecule has 6 rings (SSSR count). The average Bonchev–Trinajstić information content (AvgIpc) is 3.78. The predicted octanol–water partition coefficient (Wildman–Crippen LogP) is 4.98. The summed E-state index contributed by atoms with van der Waals surface area (Å²) in [5.74, 6) is 0.865. The number of hydrogen-bond acceptors (Lipinski definition) is 11. The van der Waals surface area contributed by atoms with E-state index < -0.39 is 29.6 Å². The first kappa shape index (κ1) is 37.3. The zero-order chi connectivity index (χ0) is 37.2. The molecule has 1 aromatic carbocycles. The lowest BCUT2D eigenvalue weighted by Gasteiger charge is -2.62. The maximum Gasteiger partial charge on any atom is 0.341 e. The number of carbonyl (C=O) groups excluding carboxylic acids is 2. The Hall–Kier alpha value is -4.45. The van der Waals surface area contributed by atoms with Crippen molar-refractivity contribution in [2.45, 2.75) is 77.1 Å². The van der Waals surface area contributed by atoms with E-state index in [1.54, 1.807) is 18.5 Å². The van der Waals surface area contributed by atoms with Crippen LogP contribution < -0.4 is 15.5 Å². The van der Waals surface area contributed by atoms with E-state index in [2.05, 4.69) is 39.1 Å². The normalized spacial score (nSPS) is 30.3. The van der Waals surface area contributed by atoms with E-state index in [1.807, 2.05) is 81.4 Å². The minimum atomic E-state index is -0.778. The Labute approximate surface area is 306 Å². The Morgan fingerprint density at radius 3 is 2.62 bits per heavy atom. The molecule has 11 nitrogen and oxygen atoms in total. The largest absolute Gasteiger partial charge is 0.423 e. The third kappa shape index (κ3) is 7.53. The summed E-state index contributed by atoms with van der Waals surface area (Å²) >= 11 is 0. The maximum atomic E-state index is 13.7. The van der Waals surface area contributed by atoms with Crippen LogP contribution in [0.1, 0.15) is 58.4 Å². The van der Waals surface area contributed by atoms with E-state index in [9.17, 15) is 19.8 Å². The highest BCUT2D eigenvalue weighted by Gasteiger charge is 2.60. The fraction of sp³-hybridized carbons (Fsp3) is 0.488. The molecule has 4 N–H and O–H groups in total. The van der Waals surface area contributed by atoms with Gasteiger partial charge in [-0.25, -0.2) is 14.8 Å². The highest BCUT2D eigenvalue weighted by molar-refractivity contribution is 6.07. The van der Waals surface area contributed by atoms with Gasteiger partial charge >= 0.3 is 5.97 Å². The van der Waals surface area contributed by atoms with Gasteiger partial charge in [-0.05, 0) is 91.8 Å². The van der Waals surface area contributed by atoms with Crippen molar-refractivity contribution < 1.29 is 24.5 Å². The topological polar surface area (TPSA) is 149 Å². The molecule has 2 saturated carbocycles. The molecule has 1 aromatic heterocycles. The van der Waals surface area contributed by atoms with Gasteiger partial charge in [0.25, 0.3) is 0 Å². The van der Waals surface area contributed by atoms with Gasteiger partial charge in [-0.3, -0.25) is 9.79 Å². The number of Topliss-reactive ketones (excluding diaryl/α,β-unsaturated/α-hetero) is 1. The van der Waals surface area contributed by atoms with Crippen molar-refractivity contribution in [1.29, 1.82) is 0 Å². The summed E-state index contributed by atoms with van der Waals surface area (Å²) in [6, 6.07) is 12.3. The number of cyclic esters (lactones) is 1. The van der Waals surface area contributed by atoms with Crippen LogP contribution in [-0.2, 0) is 14.3 Å². The van der Waals surface area contributed by atoms with Gasteiger partial charge in [0.1, 0.15) is 17.4 Å². The SMILES string of the molecule is C=C1C(NC(C)C(=O)CC2=NCC=N2)CC2[C@](C)(CC[C@@H](O)[C@@]2(C)CO)C1CC(Nc1ccccn1)C1=C/C(=C\c2ccc(N(C)C)cc2)OC1=O. The standard InChI is InChI=1S/C41H52N6O5/c1-25-31(40(3)15-14-36(50)41(4,24-48)35(40)22-32(25)45-26(2)34(49)23-38-43-17-18-44-38)21-33(46-37-9-7-8-16-42-37)30-20-29(52-39(30)51)19-27-10-12-28(13-11-27)47(5)6/h7-13,16-17,19-20,26,31-33,35-36,45,48,50H,1,14-15,18,21-24H2,2-6H3,(H,42,46)/b29-19+/t26?,31?,32?,33?,35?,36-,40-,41+/m1/s1. The lowest BCUT2D eigenvalue weighted by molar-refractivity contribution is -0.156. The van der Waals surface area contributed by atoms with E-state index >= 15 is 0 Å². The van der Waals surface area contributed by atoms with Gasteiger partial charge < -0.3 is 30.5 Å². The lowest BCUT2D eigenvalue weighted by atomic mass is 9.45. The molecule has 4 aliphatic rings. The number of fused-ring (bicyclic) bond motifs is 1. The van der Waals surface area contributed by atoms with Crippen molar-refractivity contribution in [3.05, 3.63) is 83.8 Å². The minimum Gasteiger partial charge on any atom is -0.423 e. The monoisotopic (exact) mass is 708 g/mol. The molecule has 2 aliphatic heterocycles. The van der Waals surface area contributed by atoms with Crippen LogP contribution in [0.15, 0.2) is 88.2 Å². The third-order valence-electron chi connectivity index (χ3n) is 12.0. The highest BCUT2D eigenvalue weighted by Crippen LogP contribution is 2.62. The number of nitrogens with zero attached hydrogens (tertiary/aromatic N) is 4. The molecule has 0 spiro atoms. The van der Waals surface area contributed by atoms with Gasteiger partial charge in [-0.1, -0.05) is 44.2 Å².